The van der Waals surface area contributed by atoms with Crippen molar-refractivity contribution in [2.24, 2.45) is 5.92 Å². The summed E-state index contributed by atoms with van der Waals surface area (Å²) in [6.07, 6.45) is 2.77. The minimum atomic E-state index is 0.961. The summed E-state index contributed by atoms with van der Waals surface area (Å²) in [6.45, 7) is 7.32. The number of hydrogen-bond acceptors (Lipinski definition) is 2. The summed E-state index contributed by atoms with van der Waals surface area (Å²) in [6, 6.07) is 0. The van der Waals surface area contributed by atoms with Gasteiger partial charge in [0, 0.05) is 6.54 Å². The Morgan fingerprint density at radius 3 is 2.91 bits per heavy atom. The average Bonchev–Trinajstić information content (AvgIpc) is 2.48. The molecule has 1 unspecified atom stereocenters. The lowest BCUT2D eigenvalue weighted by Gasteiger charge is -2.12. The highest BCUT2D eigenvalue weighted by Gasteiger charge is 2.19. The first kappa shape index (κ1) is 9.01. The van der Waals surface area contributed by atoms with Crippen molar-refractivity contribution in [2.45, 2.75) is 19.8 Å². The van der Waals surface area contributed by atoms with E-state index in [4.69, 9.17) is 0 Å². The Bertz CT molecular complexity index is 104. The normalized spacial score (nSPS) is 26.2. The molecule has 1 fully saturated rings. The van der Waals surface area contributed by atoms with Crippen LogP contribution < -0.4 is 5.32 Å². The summed E-state index contributed by atoms with van der Waals surface area (Å²) >= 11 is 0. The van der Waals surface area contributed by atoms with Gasteiger partial charge in [-0.2, -0.15) is 0 Å². The Morgan fingerprint density at radius 1 is 1.55 bits per heavy atom. The maximum absolute atomic E-state index is 3.21. The van der Waals surface area contributed by atoms with E-state index in [1.54, 1.807) is 0 Å². The summed E-state index contributed by atoms with van der Waals surface area (Å²) in [5.41, 5.74) is 0. The summed E-state index contributed by atoms with van der Waals surface area (Å²) in [5, 5.41) is 3.21. The Labute approximate surface area is 70.0 Å². The van der Waals surface area contributed by atoms with Crippen LogP contribution in [0, 0.1) is 5.92 Å². The fourth-order valence-electron chi connectivity index (χ4n) is 1.78. The predicted octanol–water partition coefficient (Wildman–Crippen LogP) is 0.938. The van der Waals surface area contributed by atoms with Gasteiger partial charge >= 0.3 is 0 Å². The molecule has 0 aromatic heterocycles. The number of hydrogen-bond donors (Lipinski definition) is 1. The Balaban J connectivity index is 2.09. The maximum Gasteiger partial charge on any atom is 0.00105 e. The lowest BCUT2D eigenvalue weighted by atomic mass is 10.1. The van der Waals surface area contributed by atoms with Crippen molar-refractivity contribution in [2.75, 3.05) is 33.2 Å². The molecule has 1 heterocycles. The SMILES string of the molecule is CCN1CCC(CCNC)C1. The number of rotatable bonds is 4. The lowest BCUT2D eigenvalue weighted by molar-refractivity contribution is 0.337. The van der Waals surface area contributed by atoms with Gasteiger partial charge in [-0.1, -0.05) is 6.92 Å². The quantitative estimate of drug-likeness (QED) is 0.651. The third-order valence-electron chi connectivity index (χ3n) is 2.62. The Kier molecular flexibility index (Phi) is 3.87. The van der Waals surface area contributed by atoms with Crippen LogP contribution in [0.5, 0.6) is 0 Å². The fraction of sp³-hybridized carbons (Fsp3) is 1.00. The fourth-order valence-corrected chi connectivity index (χ4v) is 1.78. The molecular weight excluding hydrogens is 136 g/mol. The molecular formula is C9H20N2. The van der Waals surface area contributed by atoms with Crippen LogP contribution in [-0.4, -0.2) is 38.1 Å². The second kappa shape index (κ2) is 4.73. The van der Waals surface area contributed by atoms with E-state index in [-0.39, 0.29) is 0 Å². The largest absolute Gasteiger partial charge is 0.320 e. The zero-order chi connectivity index (χ0) is 8.10. The van der Waals surface area contributed by atoms with Crippen LogP contribution in [-0.2, 0) is 0 Å². The molecule has 0 aliphatic carbocycles. The van der Waals surface area contributed by atoms with Gasteiger partial charge in [0.2, 0.25) is 0 Å². The van der Waals surface area contributed by atoms with Crippen LogP contribution in [0.2, 0.25) is 0 Å². The third-order valence-corrected chi connectivity index (χ3v) is 2.62. The lowest BCUT2D eigenvalue weighted by Crippen LogP contribution is -2.21. The van der Waals surface area contributed by atoms with Crippen molar-refractivity contribution < 1.29 is 0 Å². The molecule has 1 aliphatic heterocycles. The smallest absolute Gasteiger partial charge is 0.00105 e. The van der Waals surface area contributed by atoms with Gasteiger partial charge in [-0.05, 0) is 45.4 Å². The van der Waals surface area contributed by atoms with E-state index in [1.165, 1.54) is 39.0 Å². The molecule has 0 spiro atoms. The van der Waals surface area contributed by atoms with Crippen LogP contribution in [0.25, 0.3) is 0 Å². The summed E-state index contributed by atoms with van der Waals surface area (Å²) in [7, 11) is 2.03. The molecule has 0 bridgehead atoms. The molecule has 1 rings (SSSR count). The van der Waals surface area contributed by atoms with E-state index in [1.807, 2.05) is 7.05 Å². The highest BCUT2D eigenvalue weighted by molar-refractivity contribution is 4.74. The number of nitrogens with one attached hydrogen (secondary N) is 1. The highest BCUT2D eigenvalue weighted by Crippen LogP contribution is 2.17. The molecule has 2 heteroatoms. The van der Waals surface area contributed by atoms with E-state index >= 15 is 0 Å². The van der Waals surface area contributed by atoms with Crippen LogP contribution in [0.3, 0.4) is 0 Å². The van der Waals surface area contributed by atoms with Crippen molar-refractivity contribution in [3.8, 4) is 0 Å². The minimum Gasteiger partial charge on any atom is -0.320 e. The maximum atomic E-state index is 3.21. The van der Waals surface area contributed by atoms with Gasteiger partial charge in [0.15, 0.2) is 0 Å². The Hall–Kier alpha value is -0.0800. The second-order valence-electron chi connectivity index (χ2n) is 3.44. The van der Waals surface area contributed by atoms with Crippen molar-refractivity contribution in [1.82, 2.24) is 10.2 Å². The standard InChI is InChI=1S/C9H20N2/c1-3-11-7-5-9(8-11)4-6-10-2/h9-10H,3-8H2,1-2H3. The van der Waals surface area contributed by atoms with Crippen molar-refractivity contribution in [1.29, 1.82) is 0 Å². The van der Waals surface area contributed by atoms with Crippen LogP contribution in [0.4, 0.5) is 0 Å². The van der Waals surface area contributed by atoms with Crippen molar-refractivity contribution in [3.63, 3.8) is 0 Å². The van der Waals surface area contributed by atoms with Gasteiger partial charge in [-0.3, -0.25) is 0 Å². The van der Waals surface area contributed by atoms with Gasteiger partial charge in [0.1, 0.15) is 0 Å². The summed E-state index contributed by atoms with van der Waals surface area (Å²) in [4.78, 5) is 2.54. The van der Waals surface area contributed by atoms with Crippen molar-refractivity contribution in [3.05, 3.63) is 0 Å². The third kappa shape index (κ3) is 2.80. The molecule has 1 atom stereocenters. The Morgan fingerprint density at radius 2 is 2.36 bits per heavy atom. The summed E-state index contributed by atoms with van der Waals surface area (Å²) in [5.74, 6) is 0.961. The van der Waals surface area contributed by atoms with E-state index < -0.39 is 0 Å². The molecule has 0 aromatic rings. The molecule has 66 valence electrons. The van der Waals surface area contributed by atoms with Gasteiger partial charge in [0.25, 0.3) is 0 Å². The van der Waals surface area contributed by atoms with Crippen LogP contribution in [0.15, 0.2) is 0 Å². The van der Waals surface area contributed by atoms with Crippen LogP contribution >= 0.6 is 0 Å². The zero-order valence-electron chi connectivity index (χ0n) is 7.77. The second-order valence-corrected chi connectivity index (χ2v) is 3.44. The van der Waals surface area contributed by atoms with Gasteiger partial charge in [-0.15, -0.1) is 0 Å². The van der Waals surface area contributed by atoms with E-state index in [0.29, 0.717) is 0 Å². The molecule has 1 N–H and O–H groups in total. The molecule has 1 saturated heterocycles. The van der Waals surface area contributed by atoms with Crippen LogP contribution in [0.1, 0.15) is 19.8 Å². The first-order chi connectivity index (χ1) is 5.36. The van der Waals surface area contributed by atoms with E-state index in [9.17, 15) is 0 Å². The van der Waals surface area contributed by atoms with Gasteiger partial charge < -0.3 is 10.2 Å². The predicted molar refractivity (Wildman–Crippen MR) is 48.8 cm³/mol. The molecule has 0 radical (unpaired) electrons. The summed E-state index contributed by atoms with van der Waals surface area (Å²) < 4.78 is 0. The van der Waals surface area contributed by atoms with Crippen molar-refractivity contribution >= 4 is 0 Å². The molecule has 0 saturated carbocycles. The minimum absolute atomic E-state index is 0.961. The molecule has 0 amide bonds. The van der Waals surface area contributed by atoms with E-state index in [2.05, 4.69) is 17.1 Å². The molecule has 11 heavy (non-hydrogen) atoms. The first-order valence-electron chi connectivity index (χ1n) is 4.73. The van der Waals surface area contributed by atoms with Gasteiger partial charge in [-0.25, -0.2) is 0 Å². The monoisotopic (exact) mass is 156 g/mol. The topological polar surface area (TPSA) is 15.3 Å². The first-order valence-corrected chi connectivity index (χ1v) is 4.73. The number of likely N-dealkylation sites (tertiary alicyclic amines) is 1. The zero-order valence-corrected chi connectivity index (χ0v) is 7.77. The number of nitrogens with zero attached hydrogens (tertiary/aromatic N) is 1. The van der Waals surface area contributed by atoms with E-state index in [0.717, 1.165) is 5.92 Å². The van der Waals surface area contributed by atoms with Gasteiger partial charge in [0.05, 0.1) is 0 Å². The highest BCUT2D eigenvalue weighted by atomic mass is 15.1. The molecule has 1 aliphatic rings. The average molecular weight is 156 g/mol. The molecule has 2 nitrogen and oxygen atoms in total. The molecule has 0 aromatic carbocycles.